The van der Waals surface area contributed by atoms with Crippen molar-refractivity contribution in [2.45, 2.75) is 39.5 Å². The van der Waals surface area contributed by atoms with Crippen molar-refractivity contribution in [1.82, 2.24) is 19.6 Å². The zero-order chi connectivity index (χ0) is 22.5. The van der Waals surface area contributed by atoms with Gasteiger partial charge in [-0.3, -0.25) is 4.79 Å². The normalized spacial score (nSPS) is 11.2. The number of ether oxygens (including phenoxy) is 1. The van der Waals surface area contributed by atoms with Crippen LogP contribution in [0, 0.1) is 0 Å². The summed E-state index contributed by atoms with van der Waals surface area (Å²) in [5, 5.41) is 7.64. The highest BCUT2D eigenvalue weighted by atomic mass is 16.5. The van der Waals surface area contributed by atoms with Gasteiger partial charge in [-0.2, -0.15) is 5.10 Å². The third-order valence-electron chi connectivity index (χ3n) is 4.54. The molecule has 1 aromatic carbocycles. The van der Waals surface area contributed by atoms with Crippen molar-refractivity contribution in [3.8, 4) is 11.4 Å². The van der Waals surface area contributed by atoms with Crippen LogP contribution >= 0.6 is 0 Å². The van der Waals surface area contributed by atoms with Crippen LogP contribution in [-0.2, 0) is 10.2 Å². The topological polar surface area (TPSA) is 79.7 Å². The summed E-state index contributed by atoms with van der Waals surface area (Å²) in [5.74, 6) is 1.03. The number of carbonyl (C=O) groups is 2. The number of benzene rings is 1. The molecule has 0 saturated heterocycles. The predicted octanol–water partition coefficient (Wildman–Crippen LogP) is 3.51. The molecule has 0 saturated carbocycles. The Morgan fingerprint density at radius 2 is 1.80 bits per heavy atom. The van der Waals surface area contributed by atoms with Gasteiger partial charge in [0.05, 0.1) is 18.5 Å². The van der Waals surface area contributed by atoms with Gasteiger partial charge in [-0.05, 0) is 30.7 Å². The third kappa shape index (κ3) is 5.75. The van der Waals surface area contributed by atoms with Crippen molar-refractivity contribution in [2.24, 2.45) is 0 Å². The van der Waals surface area contributed by atoms with Gasteiger partial charge in [0.25, 0.3) is 0 Å². The fraction of sp³-hybridized carbons (Fsp3) is 0.500. The molecule has 0 atom stereocenters. The first-order valence-corrected chi connectivity index (χ1v) is 10.1. The number of aromatic nitrogens is 2. The van der Waals surface area contributed by atoms with E-state index in [1.54, 1.807) is 25.9 Å². The summed E-state index contributed by atoms with van der Waals surface area (Å²) in [6.07, 6.45) is 0.769. The van der Waals surface area contributed by atoms with Crippen molar-refractivity contribution in [2.75, 3.05) is 39.6 Å². The van der Waals surface area contributed by atoms with E-state index < -0.39 is 0 Å². The lowest BCUT2D eigenvalue weighted by Crippen LogP contribution is -2.43. The van der Waals surface area contributed by atoms with E-state index in [9.17, 15) is 9.59 Å². The number of methoxy groups -OCH3 is 1. The van der Waals surface area contributed by atoms with Crippen molar-refractivity contribution < 1.29 is 14.3 Å². The summed E-state index contributed by atoms with van der Waals surface area (Å²) in [5.41, 5.74) is 1.46. The highest BCUT2D eigenvalue weighted by Crippen LogP contribution is 2.27. The Balaban J connectivity index is 2.31. The second-order valence-electron chi connectivity index (χ2n) is 8.42. The number of anilines is 1. The zero-order valence-electron chi connectivity index (χ0n) is 19.0. The maximum absolute atomic E-state index is 12.8. The molecule has 2 rings (SSSR count). The van der Waals surface area contributed by atoms with Gasteiger partial charge in [0, 0.05) is 32.1 Å². The van der Waals surface area contributed by atoms with Gasteiger partial charge < -0.3 is 19.9 Å². The minimum atomic E-state index is -0.270. The fourth-order valence-electron chi connectivity index (χ4n) is 2.91. The van der Waals surface area contributed by atoms with E-state index in [4.69, 9.17) is 9.84 Å². The zero-order valence-corrected chi connectivity index (χ0v) is 19.0. The number of hydrogen-bond acceptors (Lipinski definition) is 4. The molecule has 0 aliphatic carbocycles. The molecule has 0 aliphatic heterocycles. The summed E-state index contributed by atoms with van der Waals surface area (Å²) in [6, 6.07) is 9.14. The molecule has 0 unspecified atom stereocenters. The summed E-state index contributed by atoms with van der Waals surface area (Å²) in [4.78, 5) is 28.1. The molecule has 0 radical (unpaired) electrons. The Bertz CT molecular complexity index is 866. The number of carbonyl (C=O) groups excluding carboxylic acids is 2. The number of nitrogens with one attached hydrogen (secondary N) is 1. The lowest BCUT2D eigenvalue weighted by molar-refractivity contribution is -0.116. The quantitative estimate of drug-likeness (QED) is 0.750. The smallest absolute Gasteiger partial charge is 0.319 e. The van der Waals surface area contributed by atoms with Crippen molar-refractivity contribution in [1.29, 1.82) is 0 Å². The van der Waals surface area contributed by atoms with E-state index in [1.165, 1.54) is 9.80 Å². The summed E-state index contributed by atoms with van der Waals surface area (Å²) in [6.45, 7) is 8.66. The van der Waals surface area contributed by atoms with Gasteiger partial charge in [0.15, 0.2) is 0 Å². The Morgan fingerprint density at radius 3 is 2.30 bits per heavy atom. The molecular weight excluding hydrogens is 382 g/mol. The molecule has 0 bridgehead atoms. The molecular formula is C22H33N5O3. The Hall–Kier alpha value is -3.03. The van der Waals surface area contributed by atoms with Crippen LogP contribution in [0.25, 0.3) is 5.69 Å². The lowest BCUT2D eigenvalue weighted by Gasteiger charge is -2.25. The highest BCUT2D eigenvalue weighted by molar-refractivity contribution is 5.94. The van der Waals surface area contributed by atoms with E-state index in [2.05, 4.69) is 26.1 Å². The fourth-order valence-corrected chi connectivity index (χ4v) is 2.91. The number of urea groups is 1. The van der Waals surface area contributed by atoms with Gasteiger partial charge in [-0.15, -0.1) is 0 Å². The van der Waals surface area contributed by atoms with Crippen LogP contribution in [-0.4, -0.2) is 65.8 Å². The van der Waals surface area contributed by atoms with E-state index in [1.807, 2.05) is 37.3 Å². The predicted molar refractivity (Wildman–Crippen MR) is 118 cm³/mol. The summed E-state index contributed by atoms with van der Waals surface area (Å²) >= 11 is 0. The molecule has 0 fully saturated rings. The number of amides is 3. The molecule has 0 spiro atoms. The molecule has 0 aliphatic rings. The molecule has 3 amide bonds. The molecule has 1 N–H and O–H groups in total. The highest BCUT2D eigenvalue weighted by Gasteiger charge is 2.23. The minimum Gasteiger partial charge on any atom is -0.497 e. The number of nitrogens with zero attached hydrogens (tertiary/aromatic N) is 4. The van der Waals surface area contributed by atoms with Crippen LogP contribution in [0.2, 0.25) is 0 Å². The third-order valence-corrected chi connectivity index (χ3v) is 4.54. The second-order valence-corrected chi connectivity index (χ2v) is 8.42. The maximum atomic E-state index is 12.8. The first kappa shape index (κ1) is 23.3. The molecule has 30 heavy (non-hydrogen) atoms. The van der Waals surface area contributed by atoms with Crippen LogP contribution in [0.5, 0.6) is 5.75 Å². The van der Waals surface area contributed by atoms with Crippen LogP contribution in [0.3, 0.4) is 0 Å². The molecule has 1 aromatic heterocycles. The average molecular weight is 416 g/mol. The van der Waals surface area contributed by atoms with Crippen molar-refractivity contribution in [3.63, 3.8) is 0 Å². The molecule has 1 heterocycles. The van der Waals surface area contributed by atoms with Crippen LogP contribution in [0.15, 0.2) is 30.3 Å². The molecule has 8 heteroatoms. The van der Waals surface area contributed by atoms with E-state index >= 15 is 0 Å². The van der Waals surface area contributed by atoms with Crippen molar-refractivity contribution >= 4 is 17.8 Å². The first-order chi connectivity index (χ1) is 14.1. The van der Waals surface area contributed by atoms with E-state index in [-0.39, 0.29) is 23.9 Å². The van der Waals surface area contributed by atoms with Crippen LogP contribution < -0.4 is 10.1 Å². The summed E-state index contributed by atoms with van der Waals surface area (Å²) in [7, 11) is 4.97. The van der Waals surface area contributed by atoms with Gasteiger partial charge in [0.1, 0.15) is 18.1 Å². The van der Waals surface area contributed by atoms with E-state index in [0.717, 1.165) is 23.6 Å². The number of hydrogen-bond donors (Lipinski definition) is 1. The van der Waals surface area contributed by atoms with Crippen molar-refractivity contribution in [3.05, 3.63) is 36.0 Å². The summed E-state index contributed by atoms with van der Waals surface area (Å²) < 4.78 is 6.93. The first-order valence-electron chi connectivity index (χ1n) is 10.1. The molecule has 2 aromatic rings. The van der Waals surface area contributed by atoms with Gasteiger partial charge >= 0.3 is 6.03 Å². The Labute approximate surface area is 178 Å². The minimum absolute atomic E-state index is 0.0243. The molecule has 8 nitrogen and oxygen atoms in total. The van der Waals surface area contributed by atoms with E-state index in [0.29, 0.717) is 12.4 Å². The van der Waals surface area contributed by atoms with Crippen LogP contribution in [0.1, 0.15) is 39.8 Å². The van der Waals surface area contributed by atoms with Crippen LogP contribution in [0.4, 0.5) is 10.6 Å². The SMILES string of the molecule is CCCN(CC(=O)Nc1cc(C(C)(C)C)nn1-c1ccc(OC)cc1)C(=O)N(C)C. The second kappa shape index (κ2) is 9.65. The van der Waals surface area contributed by atoms with Gasteiger partial charge in [-0.1, -0.05) is 27.7 Å². The Kier molecular flexibility index (Phi) is 7.48. The maximum Gasteiger partial charge on any atom is 0.319 e. The monoisotopic (exact) mass is 415 g/mol. The van der Waals surface area contributed by atoms with Gasteiger partial charge in [0.2, 0.25) is 5.91 Å². The Morgan fingerprint density at radius 1 is 1.17 bits per heavy atom. The molecule has 164 valence electrons. The lowest BCUT2D eigenvalue weighted by atomic mass is 9.92. The number of rotatable bonds is 7. The average Bonchev–Trinajstić information content (AvgIpc) is 3.11. The standard InChI is InChI=1S/C22H33N5O3/c1-8-13-26(21(29)25(5)6)15-20(28)23-19-14-18(22(2,3)4)24-27(19)16-9-11-17(30-7)12-10-16/h9-12,14H,8,13,15H2,1-7H3,(H,23,28). The van der Waals surface area contributed by atoms with Gasteiger partial charge in [-0.25, -0.2) is 9.48 Å². The largest absolute Gasteiger partial charge is 0.497 e.